The van der Waals surface area contributed by atoms with Gasteiger partial charge in [0.1, 0.15) is 29.5 Å². The summed E-state index contributed by atoms with van der Waals surface area (Å²) in [5.74, 6) is -0.675. The largest absolute Gasteiger partial charge is 0.462 e. The van der Waals surface area contributed by atoms with Crippen LogP contribution in [0.3, 0.4) is 0 Å². The number of rotatable bonds is 10. The molecular formula is C23H31FN7O7P. The number of para-hydroxylation sites is 1. The molecule has 6 N–H and O–H groups in total. The highest BCUT2D eigenvalue weighted by molar-refractivity contribution is 7.52. The van der Waals surface area contributed by atoms with E-state index in [0.717, 1.165) is 6.92 Å². The van der Waals surface area contributed by atoms with Crippen molar-refractivity contribution in [1.29, 1.82) is 0 Å². The number of aliphatic hydroxyl groups excluding tert-OH is 1. The van der Waals surface area contributed by atoms with Gasteiger partial charge in [-0.3, -0.25) is 13.9 Å². The predicted molar refractivity (Wildman–Crippen MR) is 138 cm³/mol. The SMILES string of the molecule is CC(C)OC(=O)[C@H](C)N[P@](=O)(OC[C@H]1O[C@@H](n2cnc3c(N)nc(N)nc32)[C@](C)(F)[C@@H]1O)Oc1ccccc1. The highest BCUT2D eigenvalue weighted by Crippen LogP contribution is 2.48. The summed E-state index contributed by atoms with van der Waals surface area (Å²) < 4.78 is 52.9. The maximum absolute atomic E-state index is 15.9. The van der Waals surface area contributed by atoms with Gasteiger partial charge in [-0.25, -0.2) is 13.9 Å². The van der Waals surface area contributed by atoms with Crippen molar-refractivity contribution in [3.63, 3.8) is 0 Å². The molecule has 0 aliphatic carbocycles. The number of aromatic nitrogens is 4. The minimum atomic E-state index is -4.28. The quantitative estimate of drug-likeness (QED) is 0.205. The molecule has 1 fully saturated rings. The number of carbonyl (C=O) groups excluding carboxylic acids is 1. The summed E-state index contributed by atoms with van der Waals surface area (Å²) in [6.07, 6.45) is -3.65. The summed E-state index contributed by atoms with van der Waals surface area (Å²) in [5.41, 5.74) is 9.43. The number of fused-ring (bicyclic) bond motifs is 1. The number of esters is 1. The van der Waals surface area contributed by atoms with E-state index in [9.17, 15) is 14.5 Å². The Balaban J connectivity index is 1.55. The number of hydrogen-bond donors (Lipinski definition) is 4. The highest BCUT2D eigenvalue weighted by atomic mass is 31.2. The smallest absolute Gasteiger partial charge is 0.459 e. The van der Waals surface area contributed by atoms with E-state index in [0.29, 0.717) is 0 Å². The number of hydrogen-bond acceptors (Lipinski definition) is 12. The van der Waals surface area contributed by atoms with E-state index in [2.05, 4.69) is 20.0 Å². The normalized spacial score (nSPS) is 25.5. The number of carbonyl (C=O) groups is 1. The van der Waals surface area contributed by atoms with Crippen LogP contribution in [0.5, 0.6) is 5.75 Å². The van der Waals surface area contributed by atoms with E-state index in [1.165, 1.54) is 30.0 Å². The van der Waals surface area contributed by atoms with Crippen molar-refractivity contribution in [2.45, 2.75) is 63.9 Å². The average Bonchev–Trinajstić information content (AvgIpc) is 3.36. The first-order chi connectivity index (χ1) is 18.3. The van der Waals surface area contributed by atoms with Crippen LogP contribution in [0.4, 0.5) is 16.2 Å². The molecule has 0 spiro atoms. The highest BCUT2D eigenvalue weighted by Gasteiger charge is 2.56. The van der Waals surface area contributed by atoms with Gasteiger partial charge in [-0.1, -0.05) is 18.2 Å². The van der Waals surface area contributed by atoms with Gasteiger partial charge in [-0.2, -0.15) is 15.1 Å². The number of benzene rings is 1. The van der Waals surface area contributed by atoms with Crippen LogP contribution in [-0.4, -0.2) is 67.2 Å². The van der Waals surface area contributed by atoms with Crippen molar-refractivity contribution < 1.29 is 37.4 Å². The first-order valence-corrected chi connectivity index (χ1v) is 13.6. The molecule has 14 nitrogen and oxygen atoms in total. The zero-order chi connectivity index (χ0) is 28.5. The molecule has 16 heteroatoms. The minimum absolute atomic E-state index is 0.00886. The van der Waals surface area contributed by atoms with Gasteiger partial charge >= 0.3 is 13.7 Å². The molecule has 1 saturated heterocycles. The minimum Gasteiger partial charge on any atom is -0.462 e. The number of aliphatic hydroxyl groups is 1. The number of nitrogens with zero attached hydrogens (tertiary/aromatic N) is 4. The summed E-state index contributed by atoms with van der Waals surface area (Å²) in [4.78, 5) is 24.3. The number of ether oxygens (including phenoxy) is 2. The topological polar surface area (TPSA) is 199 Å². The number of nitrogens with two attached hydrogens (primary N) is 2. The number of halogens is 1. The third kappa shape index (κ3) is 6.12. The molecule has 0 unspecified atom stereocenters. The molecule has 3 heterocycles. The van der Waals surface area contributed by atoms with Crippen molar-refractivity contribution in [3.05, 3.63) is 36.7 Å². The van der Waals surface area contributed by atoms with Crippen LogP contribution in [0, 0.1) is 0 Å². The molecule has 1 aliphatic rings. The number of alkyl halides is 1. The van der Waals surface area contributed by atoms with Crippen LogP contribution in [0.2, 0.25) is 0 Å². The lowest BCUT2D eigenvalue weighted by atomic mass is 9.98. The van der Waals surface area contributed by atoms with E-state index in [1.54, 1.807) is 32.0 Å². The summed E-state index contributed by atoms with van der Waals surface area (Å²) in [6.45, 7) is 5.32. The lowest BCUT2D eigenvalue weighted by molar-refractivity contribution is -0.149. The van der Waals surface area contributed by atoms with Crippen LogP contribution in [0.25, 0.3) is 11.2 Å². The molecule has 0 radical (unpaired) electrons. The van der Waals surface area contributed by atoms with E-state index < -0.39 is 56.6 Å². The molecule has 0 amide bonds. The molecule has 0 saturated carbocycles. The Morgan fingerprint density at radius 3 is 2.64 bits per heavy atom. The third-order valence-corrected chi connectivity index (χ3v) is 7.51. The number of anilines is 2. The number of imidazole rings is 1. The zero-order valence-electron chi connectivity index (χ0n) is 21.7. The standard InChI is InChI=1S/C23H31FN7O7P/c1-12(2)36-20(33)13(3)30-39(34,38-14-8-6-5-7-9-14)35-10-15-17(32)23(4,24)21(37-15)31-11-27-16-18(25)28-22(26)29-19(16)31/h5-9,11-13,15,17,21,32H,10H2,1-4H3,(H,30,34)(H4,25,26,28,29)/t13-,15+,17+,21+,23+,39-/m0/s1. The van der Waals surface area contributed by atoms with Gasteiger partial charge in [0, 0.05) is 0 Å². The molecule has 4 rings (SSSR count). The Morgan fingerprint density at radius 1 is 1.28 bits per heavy atom. The van der Waals surface area contributed by atoms with E-state index in [4.69, 9.17) is 30.0 Å². The van der Waals surface area contributed by atoms with E-state index in [1.807, 2.05) is 0 Å². The number of nitrogen functional groups attached to an aromatic ring is 2. The first kappa shape index (κ1) is 28.6. The third-order valence-electron chi connectivity index (χ3n) is 5.87. The maximum atomic E-state index is 15.9. The fraction of sp³-hybridized carbons (Fsp3) is 0.478. The van der Waals surface area contributed by atoms with E-state index >= 15 is 4.39 Å². The van der Waals surface area contributed by atoms with E-state index in [-0.39, 0.29) is 28.7 Å². The Morgan fingerprint density at radius 2 is 1.97 bits per heavy atom. The van der Waals surface area contributed by atoms with Gasteiger partial charge in [0.25, 0.3) is 0 Å². The number of nitrogens with one attached hydrogen (secondary N) is 1. The van der Waals surface area contributed by atoms with Crippen LogP contribution in [0.15, 0.2) is 36.7 Å². The van der Waals surface area contributed by atoms with Gasteiger partial charge in [0.2, 0.25) is 5.95 Å². The molecule has 2 aromatic heterocycles. The van der Waals surface area contributed by atoms with Gasteiger partial charge in [-0.15, -0.1) is 0 Å². The molecule has 212 valence electrons. The summed E-state index contributed by atoms with van der Waals surface area (Å²) in [7, 11) is -4.28. The second-order valence-corrected chi connectivity index (χ2v) is 11.1. The molecule has 39 heavy (non-hydrogen) atoms. The van der Waals surface area contributed by atoms with Gasteiger partial charge in [0.05, 0.1) is 19.0 Å². The van der Waals surface area contributed by atoms with Gasteiger partial charge in [0.15, 0.2) is 23.4 Å². The average molecular weight is 568 g/mol. The zero-order valence-corrected chi connectivity index (χ0v) is 22.6. The molecule has 1 aliphatic heterocycles. The van der Waals surface area contributed by atoms with Gasteiger partial charge in [-0.05, 0) is 39.8 Å². The molecule has 0 bridgehead atoms. The van der Waals surface area contributed by atoms with Crippen molar-refractivity contribution in [1.82, 2.24) is 24.6 Å². The second-order valence-electron chi connectivity index (χ2n) is 9.45. The lowest BCUT2D eigenvalue weighted by Crippen LogP contribution is -2.41. The van der Waals surface area contributed by atoms with Crippen LogP contribution in [0.1, 0.15) is 33.9 Å². The second kappa shape index (κ2) is 11.0. The monoisotopic (exact) mass is 567 g/mol. The van der Waals surface area contributed by atoms with Crippen LogP contribution >= 0.6 is 7.75 Å². The van der Waals surface area contributed by atoms with Crippen LogP contribution < -0.4 is 21.1 Å². The summed E-state index contributed by atoms with van der Waals surface area (Å²) >= 11 is 0. The maximum Gasteiger partial charge on any atom is 0.459 e. The van der Waals surface area contributed by atoms with Crippen molar-refractivity contribution in [3.8, 4) is 5.75 Å². The van der Waals surface area contributed by atoms with Gasteiger partial charge < -0.3 is 30.6 Å². The summed E-state index contributed by atoms with van der Waals surface area (Å²) in [6, 6.07) is 7.01. The summed E-state index contributed by atoms with van der Waals surface area (Å²) in [5, 5.41) is 13.3. The van der Waals surface area contributed by atoms with Crippen LogP contribution in [-0.2, 0) is 23.4 Å². The molecular weight excluding hydrogens is 536 g/mol. The fourth-order valence-corrected chi connectivity index (χ4v) is 5.49. The lowest BCUT2D eigenvalue weighted by Gasteiger charge is -2.25. The molecule has 3 aromatic rings. The first-order valence-electron chi connectivity index (χ1n) is 12.1. The molecule has 6 atom stereocenters. The Labute approximate surface area is 223 Å². The van der Waals surface area contributed by atoms with Crippen molar-refractivity contribution >= 4 is 36.6 Å². The molecule has 1 aromatic carbocycles. The van der Waals surface area contributed by atoms with Crippen molar-refractivity contribution in [2.75, 3.05) is 18.1 Å². The Kier molecular flexibility index (Phi) is 8.09. The fourth-order valence-electron chi connectivity index (χ4n) is 3.98. The Hall–Kier alpha value is -3.36. The van der Waals surface area contributed by atoms with Crippen molar-refractivity contribution in [2.24, 2.45) is 0 Å². The Bertz CT molecular complexity index is 1370. The predicted octanol–water partition coefficient (Wildman–Crippen LogP) is 2.11.